The molecule has 2 aromatic carbocycles. The Kier molecular flexibility index (Phi) is 4.43. The third-order valence-electron chi connectivity index (χ3n) is 4.72. The number of esters is 1. The first kappa shape index (κ1) is 17.9. The highest BCUT2D eigenvalue weighted by molar-refractivity contribution is 5.94. The number of hydrogen-bond donors (Lipinski definition) is 0. The number of carbonyl (C=O) groups excluding carboxylic acids is 1. The van der Waals surface area contributed by atoms with E-state index in [4.69, 9.17) is 4.74 Å². The molecule has 28 heavy (non-hydrogen) atoms. The van der Waals surface area contributed by atoms with Crippen LogP contribution in [-0.2, 0) is 18.3 Å². The van der Waals surface area contributed by atoms with Crippen LogP contribution in [0.25, 0.3) is 21.8 Å². The van der Waals surface area contributed by atoms with Crippen LogP contribution in [0.15, 0.2) is 53.6 Å². The van der Waals surface area contributed by atoms with Crippen molar-refractivity contribution in [2.24, 2.45) is 7.05 Å². The number of hydrogen-bond acceptors (Lipinski definition) is 4. The lowest BCUT2D eigenvalue weighted by molar-refractivity contribution is 0.0524. The summed E-state index contributed by atoms with van der Waals surface area (Å²) in [6.07, 6.45) is 3.21. The Morgan fingerprint density at radius 2 is 2.04 bits per heavy atom. The average molecular weight is 379 g/mol. The number of aromatic nitrogens is 3. The van der Waals surface area contributed by atoms with E-state index in [0.717, 1.165) is 16.5 Å². The molecule has 4 aromatic rings. The summed E-state index contributed by atoms with van der Waals surface area (Å²) in [4.78, 5) is 24.9. The van der Waals surface area contributed by atoms with E-state index in [1.165, 1.54) is 12.3 Å². The third-order valence-corrected chi connectivity index (χ3v) is 4.72. The van der Waals surface area contributed by atoms with E-state index < -0.39 is 17.2 Å². The van der Waals surface area contributed by atoms with Gasteiger partial charge in [0, 0.05) is 25.2 Å². The van der Waals surface area contributed by atoms with Crippen molar-refractivity contribution in [1.29, 1.82) is 0 Å². The first-order valence-corrected chi connectivity index (χ1v) is 8.89. The summed E-state index contributed by atoms with van der Waals surface area (Å²) in [5.74, 6) is -1.42. The number of nitrogens with zero attached hydrogens (tertiary/aromatic N) is 3. The molecule has 4 rings (SSSR count). The maximum absolute atomic E-state index is 14.4. The number of rotatable bonds is 4. The fourth-order valence-electron chi connectivity index (χ4n) is 3.39. The zero-order chi connectivity index (χ0) is 19.8. The SMILES string of the molecule is CCOC(=O)c1cn(Cc2ccc3c(cnn3C)c2)c2cccc(F)c2c1=O. The molecule has 0 saturated heterocycles. The molecule has 2 aromatic heterocycles. The molecule has 0 N–H and O–H groups in total. The van der Waals surface area contributed by atoms with Gasteiger partial charge in [0.25, 0.3) is 0 Å². The zero-order valence-corrected chi connectivity index (χ0v) is 15.5. The Hall–Kier alpha value is -3.48. The first-order chi connectivity index (χ1) is 13.5. The number of aryl methyl sites for hydroxylation is 1. The Morgan fingerprint density at radius 1 is 1.21 bits per heavy atom. The number of fused-ring (bicyclic) bond motifs is 2. The van der Waals surface area contributed by atoms with Crippen LogP contribution < -0.4 is 5.43 Å². The maximum Gasteiger partial charge on any atom is 0.343 e. The average Bonchev–Trinajstić information content (AvgIpc) is 3.04. The van der Waals surface area contributed by atoms with E-state index in [9.17, 15) is 14.0 Å². The maximum atomic E-state index is 14.4. The summed E-state index contributed by atoms with van der Waals surface area (Å²) < 4.78 is 22.9. The molecule has 0 aliphatic carbocycles. The van der Waals surface area contributed by atoms with Crippen LogP contribution in [0.1, 0.15) is 22.8 Å². The summed E-state index contributed by atoms with van der Waals surface area (Å²) in [5.41, 5.74) is 1.51. The van der Waals surface area contributed by atoms with Crippen molar-refractivity contribution in [3.05, 3.63) is 76.0 Å². The highest BCUT2D eigenvalue weighted by atomic mass is 19.1. The van der Waals surface area contributed by atoms with Gasteiger partial charge in [-0.2, -0.15) is 5.10 Å². The number of benzene rings is 2. The molecule has 0 spiro atoms. The molecule has 0 radical (unpaired) electrons. The number of ether oxygens (including phenoxy) is 1. The molecule has 142 valence electrons. The fraction of sp³-hybridized carbons (Fsp3) is 0.190. The Morgan fingerprint density at radius 3 is 2.82 bits per heavy atom. The second-order valence-corrected chi connectivity index (χ2v) is 6.52. The Bertz CT molecular complexity index is 1270. The molecular formula is C21H18FN3O3. The van der Waals surface area contributed by atoms with Crippen LogP contribution >= 0.6 is 0 Å². The number of halogens is 1. The molecular weight excluding hydrogens is 361 g/mol. The standard InChI is InChI=1S/C21H18FN3O3/c1-3-28-21(27)15-12-25(18-6-4-5-16(22)19(18)20(15)26)11-13-7-8-17-14(9-13)10-23-24(17)2/h4-10,12H,3,11H2,1-2H3. The lowest BCUT2D eigenvalue weighted by Crippen LogP contribution is -2.22. The van der Waals surface area contributed by atoms with Gasteiger partial charge in [0.05, 0.1) is 29.2 Å². The lowest BCUT2D eigenvalue weighted by atomic mass is 10.1. The van der Waals surface area contributed by atoms with Crippen LogP contribution in [0.3, 0.4) is 0 Å². The molecule has 0 unspecified atom stereocenters. The van der Waals surface area contributed by atoms with Crippen molar-refractivity contribution in [1.82, 2.24) is 14.3 Å². The Labute approximate surface area is 159 Å². The van der Waals surface area contributed by atoms with Gasteiger partial charge in [0.15, 0.2) is 0 Å². The molecule has 0 aliphatic heterocycles. The van der Waals surface area contributed by atoms with Crippen molar-refractivity contribution >= 4 is 27.8 Å². The minimum absolute atomic E-state index is 0.115. The molecule has 0 saturated carbocycles. The molecule has 2 heterocycles. The molecule has 0 bridgehead atoms. The summed E-state index contributed by atoms with van der Waals surface area (Å²) in [7, 11) is 1.87. The molecule has 0 atom stereocenters. The van der Waals surface area contributed by atoms with Crippen molar-refractivity contribution in [3.63, 3.8) is 0 Å². The molecule has 7 heteroatoms. The Balaban J connectivity index is 1.89. The van der Waals surface area contributed by atoms with E-state index in [1.807, 2.05) is 25.2 Å². The van der Waals surface area contributed by atoms with Crippen LogP contribution in [0, 0.1) is 5.82 Å². The lowest BCUT2D eigenvalue weighted by Gasteiger charge is -2.14. The molecule has 6 nitrogen and oxygen atoms in total. The minimum Gasteiger partial charge on any atom is -0.462 e. The smallest absolute Gasteiger partial charge is 0.343 e. The van der Waals surface area contributed by atoms with Crippen LogP contribution in [0.5, 0.6) is 0 Å². The van der Waals surface area contributed by atoms with Crippen molar-refractivity contribution in [3.8, 4) is 0 Å². The molecule has 0 amide bonds. The summed E-state index contributed by atoms with van der Waals surface area (Å²) >= 11 is 0. The monoisotopic (exact) mass is 379 g/mol. The minimum atomic E-state index is -0.755. The summed E-state index contributed by atoms with van der Waals surface area (Å²) in [5, 5.41) is 5.09. The van der Waals surface area contributed by atoms with Crippen LogP contribution in [0.4, 0.5) is 4.39 Å². The zero-order valence-electron chi connectivity index (χ0n) is 15.5. The second kappa shape index (κ2) is 6.92. The van der Waals surface area contributed by atoms with Gasteiger partial charge < -0.3 is 9.30 Å². The van der Waals surface area contributed by atoms with Gasteiger partial charge in [0.1, 0.15) is 11.4 Å². The van der Waals surface area contributed by atoms with E-state index in [2.05, 4.69) is 5.10 Å². The molecule has 0 fully saturated rings. The van der Waals surface area contributed by atoms with E-state index >= 15 is 0 Å². The highest BCUT2D eigenvalue weighted by Crippen LogP contribution is 2.20. The van der Waals surface area contributed by atoms with Gasteiger partial charge >= 0.3 is 5.97 Å². The predicted octanol–water partition coefficient (Wildman–Crippen LogP) is 3.25. The third kappa shape index (κ3) is 2.94. The normalized spacial score (nSPS) is 11.2. The second-order valence-electron chi connectivity index (χ2n) is 6.52. The van der Waals surface area contributed by atoms with Gasteiger partial charge in [-0.15, -0.1) is 0 Å². The van der Waals surface area contributed by atoms with Crippen molar-refractivity contribution < 1.29 is 13.9 Å². The molecule has 0 aliphatic rings. The van der Waals surface area contributed by atoms with Gasteiger partial charge in [-0.3, -0.25) is 9.48 Å². The van der Waals surface area contributed by atoms with Gasteiger partial charge in [-0.25, -0.2) is 9.18 Å². The van der Waals surface area contributed by atoms with E-state index in [0.29, 0.717) is 12.1 Å². The number of pyridine rings is 1. The van der Waals surface area contributed by atoms with E-state index in [-0.39, 0.29) is 17.6 Å². The summed E-state index contributed by atoms with van der Waals surface area (Å²) in [6.45, 7) is 2.14. The highest BCUT2D eigenvalue weighted by Gasteiger charge is 2.19. The largest absolute Gasteiger partial charge is 0.462 e. The van der Waals surface area contributed by atoms with Crippen molar-refractivity contribution in [2.45, 2.75) is 13.5 Å². The van der Waals surface area contributed by atoms with Gasteiger partial charge in [-0.1, -0.05) is 12.1 Å². The summed E-state index contributed by atoms with van der Waals surface area (Å²) in [6, 6.07) is 10.3. The first-order valence-electron chi connectivity index (χ1n) is 8.89. The van der Waals surface area contributed by atoms with Crippen molar-refractivity contribution in [2.75, 3.05) is 6.61 Å². The number of carbonyl (C=O) groups is 1. The fourth-order valence-corrected chi connectivity index (χ4v) is 3.39. The topological polar surface area (TPSA) is 66.1 Å². The quantitative estimate of drug-likeness (QED) is 0.511. The van der Waals surface area contributed by atoms with Crippen LogP contribution in [-0.4, -0.2) is 26.9 Å². The van der Waals surface area contributed by atoms with E-state index in [1.54, 1.807) is 34.5 Å². The van der Waals surface area contributed by atoms with Gasteiger partial charge in [0.2, 0.25) is 5.43 Å². The van der Waals surface area contributed by atoms with Crippen LogP contribution in [0.2, 0.25) is 0 Å². The predicted molar refractivity (Wildman–Crippen MR) is 104 cm³/mol. The van der Waals surface area contributed by atoms with Gasteiger partial charge in [-0.05, 0) is 36.8 Å².